The summed E-state index contributed by atoms with van der Waals surface area (Å²) in [5.41, 5.74) is 2.41. The third kappa shape index (κ3) is 1.86. The van der Waals surface area contributed by atoms with Crippen LogP contribution in [0.5, 0.6) is 5.75 Å². The lowest BCUT2D eigenvalue weighted by atomic mass is 10.1. The van der Waals surface area contributed by atoms with Gasteiger partial charge in [-0.1, -0.05) is 0 Å². The Morgan fingerprint density at radius 3 is 2.00 bits per heavy atom. The van der Waals surface area contributed by atoms with Crippen molar-refractivity contribution < 1.29 is 4.74 Å². The van der Waals surface area contributed by atoms with Crippen molar-refractivity contribution in [1.82, 2.24) is 0 Å². The number of ether oxygens (including phenoxy) is 1. The average Bonchev–Trinajstić information content (AvgIpc) is 1.85. The molecule has 60 valence electrons. The topological polar surface area (TPSA) is 9.23 Å². The molecule has 0 bridgehead atoms. The minimum absolute atomic E-state index is 1.01. The highest BCUT2D eigenvalue weighted by Gasteiger charge is 2.02. The number of aryl methyl sites for hydroxylation is 2. The molecule has 0 spiro atoms. The molecule has 1 nitrogen and oxygen atoms in total. The summed E-state index contributed by atoms with van der Waals surface area (Å²) in [5, 5.41) is 0. The van der Waals surface area contributed by atoms with E-state index in [4.69, 9.17) is 4.74 Å². The Labute approximate surface area is 80.9 Å². The Kier molecular flexibility index (Phi) is 2.76. The third-order valence-corrected chi connectivity index (χ3v) is 2.25. The molecule has 0 fully saturated rings. The van der Waals surface area contributed by atoms with Crippen LogP contribution in [0.15, 0.2) is 12.1 Å². The van der Waals surface area contributed by atoms with E-state index in [1.807, 2.05) is 0 Å². The van der Waals surface area contributed by atoms with Crippen LogP contribution in [0.3, 0.4) is 0 Å². The van der Waals surface area contributed by atoms with E-state index in [-0.39, 0.29) is 0 Å². The molecule has 0 aliphatic heterocycles. The maximum absolute atomic E-state index is 5.23. The largest absolute Gasteiger partial charge is 0.496 e. The van der Waals surface area contributed by atoms with Crippen LogP contribution in [0.4, 0.5) is 0 Å². The highest BCUT2D eigenvalue weighted by atomic mass is 127. The van der Waals surface area contributed by atoms with Crippen molar-refractivity contribution in [1.29, 1.82) is 0 Å². The summed E-state index contributed by atoms with van der Waals surface area (Å²) in [7, 11) is 1.71. The Morgan fingerprint density at radius 1 is 1.18 bits per heavy atom. The molecular weight excluding hydrogens is 251 g/mol. The van der Waals surface area contributed by atoms with E-state index in [0.717, 1.165) is 5.75 Å². The van der Waals surface area contributed by atoms with Gasteiger partial charge >= 0.3 is 0 Å². The monoisotopic (exact) mass is 262 g/mol. The zero-order valence-corrected chi connectivity index (χ0v) is 9.10. The standard InChI is InChI=1S/C9H11IO/c1-6-4-8(10)5-7(2)9(6)11-3/h4-5H,1-3H3. The highest BCUT2D eigenvalue weighted by molar-refractivity contribution is 14.1. The lowest BCUT2D eigenvalue weighted by molar-refractivity contribution is 0.408. The van der Waals surface area contributed by atoms with Gasteiger partial charge in [0.1, 0.15) is 5.75 Å². The van der Waals surface area contributed by atoms with Gasteiger partial charge in [0.05, 0.1) is 7.11 Å². The molecule has 0 aliphatic carbocycles. The van der Waals surface area contributed by atoms with E-state index in [2.05, 4.69) is 48.6 Å². The minimum Gasteiger partial charge on any atom is -0.496 e. The van der Waals surface area contributed by atoms with Gasteiger partial charge in [-0.2, -0.15) is 0 Å². The summed E-state index contributed by atoms with van der Waals surface area (Å²) in [6.45, 7) is 4.13. The normalized spacial score (nSPS) is 9.82. The Morgan fingerprint density at radius 2 is 1.64 bits per heavy atom. The zero-order chi connectivity index (χ0) is 8.43. The molecule has 0 N–H and O–H groups in total. The van der Waals surface area contributed by atoms with E-state index in [1.165, 1.54) is 14.7 Å². The molecule has 0 aromatic heterocycles. The Hall–Kier alpha value is -0.250. The molecular formula is C9H11IO. The molecule has 0 heterocycles. The molecule has 0 amide bonds. The van der Waals surface area contributed by atoms with Gasteiger partial charge in [0, 0.05) is 3.57 Å². The molecule has 2 heteroatoms. The van der Waals surface area contributed by atoms with E-state index in [1.54, 1.807) is 7.11 Å². The summed E-state index contributed by atoms with van der Waals surface area (Å²) in [5.74, 6) is 1.01. The maximum atomic E-state index is 5.23. The molecule has 0 saturated carbocycles. The van der Waals surface area contributed by atoms with Crippen molar-refractivity contribution in [2.24, 2.45) is 0 Å². The number of hydrogen-bond donors (Lipinski definition) is 0. The first kappa shape index (κ1) is 8.84. The smallest absolute Gasteiger partial charge is 0.124 e. The Balaban J connectivity index is 3.25. The first-order valence-corrected chi connectivity index (χ1v) is 4.53. The predicted octanol–water partition coefficient (Wildman–Crippen LogP) is 2.92. The predicted molar refractivity (Wildman–Crippen MR) is 55.2 cm³/mol. The number of methoxy groups -OCH3 is 1. The van der Waals surface area contributed by atoms with Crippen LogP contribution in [0, 0.1) is 17.4 Å². The molecule has 0 aliphatic rings. The molecule has 1 rings (SSSR count). The van der Waals surface area contributed by atoms with E-state index >= 15 is 0 Å². The summed E-state index contributed by atoms with van der Waals surface area (Å²) in [6, 6.07) is 4.23. The maximum Gasteiger partial charge on any atom is 0.124 e. The van der Waals surface area contributed by atoms with Gasteiger partial charge in [-0.05, 0) is 59.7 Å². The van der Waals surface area contributed by atoms with E-state index < -0.39 is 0 Å². The number of halogens is 1. The van der Waals surface area contributed by atoms with Crippen molar-refractivity contribution in [3.63, 3.8) is 0 Å². The van der Waals surface area contributed by atoms with Crippen molar-refractivity contribution in [2.75, 3.05) is 7.11 Å². The van der Waals surface area contributed by atoms with Gasteiger partial charge in [-0.25, -0.2) is 0 Å². The molecule has 11 heavy (non-hydrogen) atoms. The summed E-state index contributed by atoms with van der Waals surface area (Å²) >= 11 is 2.31. The number of rotatable bonds is 1. The quantitative estimate of drug-likeness (QED) is 0.707. The summed E-state index contributed by atoms with van der Waals surface area (Å²) in [4.78, 5) is 0. The van der Waals surface area contributed by atoms with Crippen LogP contribution >= 0.6 is 22.6 Å². The van der Waals surface area contributed by atoms with E-state index in [0.29, 0.717) is 0 Å². The van der Waals surface area contributed by atoms with Gasteiger partial charge in [-0.3, -0.25) is 0 Å². The fourth-order valence-corrected chi connectivity index (χ4v) is 2.15. The van der Waals surface area contributed by atoms with Crippen LogP contribution in [0.2, 0.25) is 0 Å². The summed E-state index contributed by atoms with van der Waals surface area (Å²) < 4.78 is 6.49. The lowest BCUT2D eigenvalue weighted by Crippen LogP contribution is -1.91. The second-order valence-electron chi connectivity index (χ2n) is 2.57. The fraction of sp³-hybridized carbons (Fsp3) is 0.333. The van der Waals surface area contributed by atoms with Crippen LogP contribution in [0.25, 0.3) is 0 Å². The van der Waals surface area contributed by atoms with Gasteiger partial charge in [0.15, 0.2) is 0 Å². The van der Waals surface area contributed by atoms with Crippen molar-refractivity contribution in [3.05, 3.63) is 26.8 Å². The van der Waals surface area contributed by atoms with Crippen LogP contribution in [-0.4, -0.2) is 7.11 Å². The second kappa shape index (κ2) is 3.43. The van der Waals surface area contributed by atoms with Gasteiger partial charge in [-0.15, -0.1) is 0 Å². The molecule has 0 atom stereocenters. The van der Waals surface area contributed by atoms with Gasteiger partial charge < -0.3 is 4.74 Å². The van der Waals surface area contributed by atoms with E-state index in [9.17, 15) is 0 Å². The average molecular weight is 262 g/mol. The van der Waals surface area contributed by atoms with Crippen molar-refractivity contribution in [3.8, 4) is 5.75 Å². The zero-order valence-electron chi connectivity index (χ0n) is 6.94. The molecule has 0 saturated heterocycles. The molecule has 0 unspecified atom stereocenters. The molecule has 1 aromatic rings. The van der Waals surface area contributed by atoms with Crippen molar-refractivity contribution >= 4 is 22.6 Å². The minimum atomic E-state index is 1.01. The highest BCUT2D eigenvalue weighted by Crippen LogP contribution is 2.24. The molecule has 0 radical (unpaired) electrons. The third-order valence-electron chi connectivity index (χ3n) is 1.63. The van der Waals surface area contributed by atoms with Gasteiger partial charge in [0.2, 0.25) is 0 Å². The SMILES string of the molecule is COc1c(C)cc(I)cc1C. The molecule has 1 aromatic carbocycles. The van der Waals surface area contributed by atoms with Crippen LogP contribution in [-0.2, 0) is 0 Å². The number of benzene rings is 1. The van der Waals surface area contributed by atoms with Crippen molar-refractivity contribution in [2.45, 2.75) is 13.8 Å². The second-order valence-corrected chi connectivity index (χ2v) is 3.82. The Bertz CT molecular complexity index is 245. The lowest BCUT2D eigenvalue weighted by Gasteiger charge is -2.07. The number of hydrogen-bond acceptors (Lipinski definition) is 1. The summed E-state index contributed by atoms with van der Waals surface area (Å²) in [6.07, 6.45) is 0. The van der Waals surface area contributed by atoms with Crippen LogP contribution in [0.1, 0.15) is 11.1 Å². The first-order chi connectivity index (χ1) is 5.15. The first-order valence-electron chi connectivity index (χ1n) is 3.46. The van der Waals surface area contributed by atoms with Crippen LogP contribution < -0.4 is 4.74 Å². The van der Waals surface area contributed by atoms with Gasteiger partial charge in [0.25, 0.3) is 0 Å². The fourth-order valence-electron chi connectivity index (χ4n) is 1.22.